The number of rotatable bonds is 5. The Morgan fingerprint density at radius 3 is 2.44 bits per heavy atom. The molecule has 4 heteroatoms. The molecule has 2 aromatic rings. The SMILES string of the molecule is COc1cnc(NCC(C)c2ccccc2)nc1. The summed E-state index contributed by atoms with van der Waals surface area (Å²) in [5.41, 5.74) is 1.30. The van der Waals surface area contributed by atoms with Gasteiger partial charge in [-0.25, -0.2) is 9.97 Å². The van der Waals surface area contributed by atoms with Crippen LogP contribution in [0.4, 0.5) is 5.95 Å². The molecular formula is C14H17N3O. The van der Waals surface area contributed by atoms with Crippen molar-refractivity contribution < 1.29 is 4.74 Å². The molecule has 94 valence electrons. The number of benzene rings is 1. The molecule has 0 saturated carbocycles. The van der Waals surface area contributed by atoms with Crippen LogP contribution in [-0.2, 0) is 0 Å². The average molecular weight is 243 g/mol. The van der Waals surface area contributed by atoms with Gasteiger partial charge in [0.1, 0.15) is 0 Å². The fraction of sp³-hybridized carbons (Fsp3) is 0.286. The molecule has 0 fully saturated rings. The molecule has 1 N–H and O–H groups in total. The number of nitrogens with one attached hydrogen (secondary N) is 1. The van der Waals surface area contributed by atoms with Gasteiger partial charge in [-0.1, -0.05) is 37.3 Å². The van der Waals surface area contributed by atoms with Crippen molar-refractivity contribution in [2.75, 3.05) is 19.0 Å². The van der Waals surface area contributed by atoms with Gasteiger partial charge in [-0.05, 0) is 11.5 Å². The maximum absolute atomic E-state index is 5.01. The van der Waals surface area contributed by atoms with Gasteiger partial charge in [-0.3, -0.25) is 0 Å². The Hall–Kier alpha value is -2.10. The number of methoxy groups -OCH3 is 1. The molecule has 0 spiro atoms. The summed E-state index contributed by atoms with van der Waals surface area (Å²) in [5.74, 6) is 1.70. The second-order valence-corrected chi connectivity index (χ2v) is 4.14. The summed E-state index contributed by atoms with van der Waals surface area (Å²) in [4.78, 5) is 8.34. The number of hydrogen-bond donors (Lipinski definition) is 1. The number of nitrogens with zero attached hydrogens (tertiary/aromatic N) is 2. The minimum atomic E-state index is 0.414. The van der Waals surface area contributed by atoms with Gasteiger partial charge in [-0.2, -0.15) is 0 Å². The Kier molecular flexibility index (Phi) is 4.12. The van der Waals surface area contributed by atoms with Crippen molar-refractivity contribution in [2.45, 2.75) is 12.8 Å². The Labute approximate surface area is 107 Å². The highest BCUT2D eigenvalue weighted by Crippen LogP contribution is 2.15. The molecule has 1 aromatic carbocycles. The summed E-state index contributed by atoms with van der Waals surface area (Å²) in [5, 5.41) is 3.22. The Balaban J connectivity index is 1.91. The second kappa shape index (κ2) is 6.00. The van der Waals surface area contributed by atoms with Gasteiger partial charge in [0.05, 0.1) is 19.5 Å². The molecule has 1 aromatic heterocycles. The first-order valence-electron chi connectivity index (χ1n) is 5.94. The highest BCUT2D eigenvalue weighted by Gasteiger charge is 2.05. The van der Waals surface area contributed by atoms with Gasteiger partial charge in [-0.15, -0.1) is 0 Å². The molecule has 18 heavy (non-hydrogen) atoms. The molecule has 0 bridgehead atoms. The van der Waals surface area contributed by atoms with E-state index in [-0.39, 0.29) is 0 Å². The van der Waals surface area contributed by atoms with E-state index < -0.39 is 0 Å². The van der Waals surface area contributed by atoms with E-state index in [2.05, 4.69) is 46.5 Å². The highest BCUT2D eigenvalue weighted by molar-refractivity contribution is 5.29. The first kappa shape index (κ1) is 12.4. The van der Waals surface area contributed by atoms with Crippen molar-refractivity contribution in [1.29, 1.82) is 0 Å². The molecule has 0 amide bonds. The molecule has 2 rings (SSSR count). The quantitative estimate of drug-likeness (QED) is 0.877. The molecular weight excluding hydrogens is 226 g/mol. The first-order valence-corrected chi connectivity index (χ1v) is 5.94. The smallest absolute Gasteiger partial charge is 0.222 e. The zero-order valence-corrected chi connectivity index (χ0v) is 10.6. The molecule has 4 nitrogen and oxygen atoms in total. The predicted molar refractivity (Wildman–Crippen MR) is 71.9 cm³/mol. The summed E-state index contributed by atoms with van der Waals surface area (Å²) in [6.45, 7) is 2.97. The third kappa shape index (κ3) is 3.20. The van der Waals surface area contributed by atoms with Crippen LogP contribution in [0.25, 0.3) is 0 Å². The molecule has 1 unspecified atom stereocenters. The van der Waals surface area contributed by atoms with Crippen LogP contribution < -0.4 is 10.1 Å². The van der Waals surface area contributed by atoms with Crippen molar-refractivity contribution in [2.24, 2.45) is 0 Å². The summed E-state index contributed by atoms with van der Waals surface area (Å²) in [6, 6.07) is 10.4. The summed E-state index contributed by atoms with van der Waals surface area (Å²) < 4.78 is 5.01. The third-order valence-electron chi connectivity index (χ3n) is 2.80. The lowest BCUT2D eigenvalue weighted by molar-refractivity contribution is 0.411. The van der Waals surface area contributed by atoms with E-state index in [1.165, 1.54) is 5.56 Å². The Morgan fingerprint density at radius 2 is 1.83 bits per heavy atom. The van der Waals surface area contributed by atoms with Crippen molar-refractivity contribution >= 4 is 5.95 Å². The van der Waals surface area contributed by atoms with Crippen LogP contribution in [-0.4, -0.2) is 23.6 Å². The number of hydrogen-bond acceptors (Lipinski definition) is 4. The lowest BCUT2D eigenvalue weighted by atomic mass is 10.0. The minimum absolute atomic E-state index is 0.414. The first-order chi connectivity index (χ1) is 8.79. The fourth-order valence-corrected chi connectivity index (χ4v) is 1.66. The molecule has 0 aliphatic rings. The zero-order valence-electron chi connectivity index (χ0n) is 10.6. The van der Waals surface area contributed by atoms with Crippen LogP contribution >= 0.6 is 0 Å². The maximum Gasteiger partial charge on any atom is 0.222 e. The highest BCUT2D eigenvalue weighted by atomic mass is 16.5. The van der Waals surface area contributed by atoms with Crippen LogP contribution in [0, 0.1) is 0 Å². The monoisotopic (exact) mass is 243 g/mol. The third-order valence-corrected chi connectivity index (χ3v) is 2.80. The van der Waals surface area contributed by atoms with Gasteiger partial charge in [0, 0.05) is 6.54 Å². The van der Waals surface area contributed by atoms with E-state index in [0.29, 0.717) is 17.6 Å². The van der Waals surface area contributed by atoms with Gasteiger partial charge < -0.3 is 10.1 Å². The standard InChI is InChI=1S/C14H17N3O/c1-11(12-6-4-3-5-7-12)8-15-14-16-9-13(18-2)10-17-14/h3-7,9-11H,8H2,1-2H3,(H,15,16,17). The van der Waals surface area contributed by atoms with Crippen LogP contribution in [0.5, 0.6) is 5.75 Å². The molecule has 1 heterocycles. The molecule has 0 aliphatic heterocycles. The molecule has 1 atom stereocenters. The van der Waals surface area contributed by atoms with E-state index in [1.54, 1.807) is 19.5 Å². The lowest BCUT2D eigenvalue weighted by Crippen LogP contribution is -2.11. The van der Waals surface area contributed by atoms with Crippen molar-refractivity contribution in [3.05, 3.63) is 48.3 Å². The summed E-state index contributed by atoms with van der Waals surface area (Å²) >= 11 is 0. The maximum atomic E-state index is 5.01. The zero-order chi connectivity index (χ0) is 12.8. The Morgan fingerprint density at radius 1 is 1.17 bits per heavy atom. The van der Waals surface area contributed by atoms with Crippen LogP contribution in [0.2, 0.25) is 0 Å². The Bertz CT molecular complexity index is 470. The van der Waals surface area contributed by atoms with Crippen LogP contribution in [0.3, 0.4) is 0 Å². The molecule has 0 radical (unpaired) electrons. The second-order valence-electron chi connectivity index (χ2n) is 4.14. The topological polar surface area (TPSA) is 47.0 Å². The van der Waals surface area contributed by atoms with E-state index in [9.17, 15) is 0 Å². The normalized spacial score (nSPS) is 11.9. The molecule has 0 aliphatic carbocycles. The molecule has 0 saturated heterocycles. The lowest BCUT2D eigenvalue weighted by Gasteiger charge is -2.12. The van der Waals surface area contributed by atoms with Crippen molar-refractivity contribution in [1.82, 2.24) is 9.97 Å². The van der Waals surface area contributed by atoms with Crippen molar-refractivity contribution in [3.8, 4) is 5.75 Å². The summed E-state index contributed by atoms with van der Waals surface area (Å²) in [6.07, 6.45) is 3.31. The van der Waals surface area contributed by atoms with Crippen LogP contribution in [0.1, 0.15) is 18.4 Å². The van der Waals surface area contributed by atoms with Crippen LogP contribution in [0.15, 0.2) is 42.7 Å². The number of aromatic nitrogens is 2. The van der Waals surface area contributed by atoms with E-state index >= 15 is 0 Å². The van der Waals surface area contributed by atoms with Crippen molar-refractivity contribution in [3.63, 3.8) is 0 Å². The van der Waals surface area contributed by atoms with E-state index in [0.717, 1.165) is 6.54 Å². The fourth-order valence-electron chi connectivity index (χ4n) is 1.66. The average Bonchev–Trinajstić information content (AvgIpc) is 2.46. The van der Waals surface area contributed by atoms with Gasteiger partial charge in [0.25, 0.3) is 0 Å². The summed E-state index contributed by atoms with van der Waals surface area (Å²) in [7, 11) is 1.60. The number of anilines is 1. The van der Waals surface area contributed by atoms with Gasteiger partial charge >= 0.3 is 0 Å². The van der Waals surface area contributed by atoms with Gasteiger partial charge in [0.15, 0.2) is 5.75 Å². The van der Waals surface area contributed by atoms with E-state index in [4.69, 9.17) is 4.74 Å². The predicted octanol–water partition coefficient (Wildman–Crippen LogP) is 2.70. The minimum Gasteiger partial charge on any atom is -0.494 e. The largest absolute Gasteiger partial charge is 0.494 e. The van der Waals surface area contributed by atoms with Gasteiger partial charge in [0.2, 0.25) is 5.95 Å². The number of ether oxygens (including phenoxy) is 1. The van der Waals surface area contributed by atoms with E-state index in [1.807, 2.05) is 6.07 Å².